The molecule has 0 unspecified atom stereocenters. The van der Waals surface area contributed by atoms with Crippen LogP contribution in [0.25, 0.3) is 0 Å². The Morgan fingerprint density at radius 2 is 1.83 bits per heavy atom. The van der Waals surface area contributed by atoms with Crippen molar-refractivity contribution in [1.29, 1.82) is 0 Å². The van der Waals surface area contributed by atoms with Crippen molar-refractivity contribution < 1.29 is 24.2 Å². The van der Waals surface area contributed by atoms with Crippen molar-refractivity contribution in [3.05, 3.63) is 0 Å². The molecule has 0 aromatic carbocycles. The molecule has 3 N–H and O–H groups in total. The Labute approximate surface area is 105 Å². The molecule has 0 bridgehead atoms. The van der Waals surface area contributed by atoms with Gasteiger partial charge in [0.1, 0.15) is 13.2 Å². The van der Waals surface area contributed by atoms with E-state index < -0.39 is 31.1 Å². The summed E-state index contributed by atoms with van der Waals surface area (Å²) in [5, 5.41) is 13.1. The zero-order chi connectivity index (χ0) is 13.6. The molecule has 7 heteroatoms. The topological polar surface area (TPSA) is 105 Å². The summed E-state index contributed by atoms with van der Waals surface area (Å²) < 4.78 is 4.56. The predicted octanol–water partition coefficient (Wildman–Crippen LogP) is 0.246. The summed E-state index contributed by atoms with van der Waals surface area (Å²) >= 11 is 0. The molecule has 1 fully saturated rings. The zero-order valence-electron chi connectivity index (χ0n) is 10.3. The number of nitrogens with one attached hydrogen (secondary N) is 2. The van der Waals surface area contributed by atoms with Crippen LogP contribution in [0.1, 0.15) is 32.6 Å². The van der Waals surface area contributed by atoms with E-state index in [1.54, 1.807) is 0 Å². The van der Waals surface area contributed by atoms with Crippen molar-refractivity contribution in [3.63, 3.8) is 0 Å². The van der Waals surface area contributed by atoms with Crippen LogP contribution in [0.15, 0.2) is 0 Å². The first-order valence-electron chi connectivity index (χ1n) is 5.83. The van der Waals surface area contributed by atoms with E-state index in [1.165, 1.54) is 0 Å². The molecule has 1 rings (SSSR count). The van der Waals surface area contributed by atoms with E-state index in [4.69, 9.17) is 5.11 Å². The number of hydrogen-bond donors (Lipinski definition) is 3. The standard InChI is InChI=1S/C11H18N2O5/c1-11(4-2-3-5-11)13-10(17)12-8(14)6-18-7-9(15)16/h2-7H2,1H3,(H,15,16)(H2,12,13,14,17). The molecule has 102 valence electrons. The van der Waals surface area contributed by atoms with Crippen molar-refractivity contribution in [2.24, 2.45) is 0 Å². The van der Waals surface area contributed by atoms with E-state index in [0.29, 0.717) is 0 Å². The Balaban J connectivity index is 2.23. The first-order chi connectivity index (χ1) is 8.41. The van der Waals surface area contributed by atoms with Gasteiger partial charge in [-0.15, -0.1) is 0 Å². The van der Waals surface area contributed by atoms with Crippen LogP contribution in [-0.2, 0) is 14.3 Å². The Bertz CT molecular complexity index is 336. The average Bonchev–Trinajstić information content (AvgIpc) is 2.63. The van der Waals surface area contributed by atoms with Crippen molar-refractivity contribution >= 4 is 17.9 Å². The molecule has 0 aromatic heterocycles. The Kier molecular flexibility index (Phi) is 5.08. The Morgan fingerprint density at radius 1 is 1.22 bits per heavy atom. The largest absolute Gasteiger partial charge is 0.480 e. The number of aliphatic carboxylic acids is 1. The van der Waals surface area contributed by atoms with Crippen LogP contribution in [-0.4, -0.2) is 41.8 Å². The lowest BCUT2D eigenvalue weighted by atomic mass is 10.0. The molecule has 1 saturated carbocycles. The summed E-state index contributed by atoms with van der Waals surface area (Å²) in [4.78, 5) is 32.9. The SMILES string of the molecule is CC1(NC(=O)NC(=O)COCC(=O)O)CCCC1. The van der Waals surface area contributed by atoms with Gasteiger partial charge in [-0.05, 0) is 19.8 Å². The Morgan fingerprint density at radius 3 is 2.39 bits per heavy atom. The van der Waals surface area contributed by atoms with E-state index in [0.717, 1.165) is 25.7 Å². The molecule has 0 aliphatic heterocycles. The van der Waals surface area contributed by atoms with Crippen LogP contribution < -0.4 is 10.6 Å². The number of imide groups is 1. The molecule has 0 heterocycles. The molecule has 1 aliphatic carbocycles. The van der Waals surface area contributed by atoms with Crippen LogP contribution in [0.4, 0.5) is 4.79 Å². The highest BCUT2D eigenvalue weighted by molar-refractivity contribution is 5.95. The maximum Gasteiger partial charge on any atom is 0.329 e. The van der Waals surface area contributed by atoms with Crippen LogP contribution in [0.3, 0.4) is 0 Å². The molecule has 0 aromatic rings. The van der Waals surface area contributed by atoms with E-state index in [2.05, 4.69) is 15.4 Å². The highest BCUT2D eigenvalue weighted by Crippen LogP contribution is 2.28. The van der Waals surface area contributed by atoms with Gasteiger partial charge in [0.05, 0.1) is 0 Å². The highest BCUT2D eigenvalue weighted by atomic mass is 16.5. The molecule has 7 nitrogen and oxygen atoms in total. The van der Waals surface area contributed by atoms with Gasteiger partial charge in [-0.1, -0.05) is 12.8 Å². The van der Waals surface area contributed by atoms with Gasteiger partial charge in [0, 0.05) is 5.54 Å². The summed E-state index contributed by atoms with van der Waals surface area (Å²) in [6.45, 7) is 0.925. The molecule has 18 heavy (non-hydrogen) atoms. The minimum atomic E-state index is -1.16. The molecular weight excluding hydrogens is 240 g/mol. The van der Waals surface area contributed by atoms with E-state index in [9.17, 15) is 14.4 Å². The van der Waals surface area contributed by atoms with Gasteiger partial charge >= 0.3 is 12.0 Å². The molecule has 0 radical (unpaired) electrons. The van der Waals surface area contributed by atoms with Gasteiger partial charge in [-0.25, -0.2) is 9.59 Å². The molecule has 0 saturated heterocycles. The number of carboxylic acid groups (broad SMARTS) is 1. The summed E-state index contributed by atoms with van der Waals surface area (Å²) in [6, 6.07) is -0.566. The summed E-state index contributed by atoms with van der Waals surface area (Å²) in [6.07, 6.45) is 3.91. The van der Waals surface area contributed by atoms with Crippen LogP contribution in [0.5, 0.6) is 0 Å². The lowest BCUT2D eigenvalue weighted by Crippen LogP contribution is -2.50. The van der Waals surface area contributed by atoms with Gasteiger partial charge in [0.15, 0.2) is 0 Å². The fraction of sp³-hybridized carbons (Fsp3) is 0.727. The van der Waals surface area contributed by atoms with Crippen molar-refractivity contribution in [2.45, 2.75) is 38.1 Å². The third-order valence-corrected chi connectivity index (χ3v) is 2.83. The van der Waals surface area contributed by atoms with Crippen molar-refractivity contribution in [2.75, 3.05) is 13.2 Å². The van der Waals surface area contributed by atoms with Gasteiger partial charge in [-0.2, -0.15) is 0 Å². The summed E-state index contributed by atoms with van der Waals surface area (Å²) in [7, 11) is 0. The van der Waals surface area contributed by atoms with Crippen molar-refractivity contribution in [3.8, 4) is 0 Å². The first kappa shape index (κ1) is 14.4. The molecule has 3 amide bonds. The Hall–Kier alpha value is -1.63. The number of amides is 3. The lowest BCUT2D eigenvalue weighted by Gasteiger charge is -2.24. The third-order valence-electron chi connectivity index (χ3n) is 2.83. The summed E-state index contributed by atoms with van der Waals surface area (Å²) in [5.74, 6) is -1.82. The smallest absolute Gasteiger partial charge is 0.329 e. The number of carboxylic acids is 1. The quantitative estimate of drug-likeness (QED) is 0.655. The molecule has 0 spiro atoms. The van der Waals surface area contributed by atoms with E-state index in [1.807, 2.05) is 6.92 Å². The number of ether oxygens (including phenoxy) is 1. The number of rotatable bonds is 5. The minimum Gasteiger partial charge on any atom is -0.480 e. The number of urea groups is 1. The fourth-order valence-electron chi connectivity index (χ4n) is 1.98. The monoisotopic (exact) mass is 258 g/mol. The van der Waals surface area contributed by atoms with Crippen LogP contribution >= 0.6 is 0 Å². The van der Waals surface area contributed by atoms with Gasteiger partial charge in [0.2, 0.25) is 0 Å². The lowest BCUT2D eigenvalue weighted by molar-refractivity contribution is -0.143. The summed E-state index contributed by atoms with van der Waals surface area (Å²) in [5.41, 5.74) is -0.258. The first-order valence-corrected chi connectivity index (χ1v) is 5.83. The number of hydrogen-bond acceptors (Lipinski definition) is 4. The van der Waals surface area contributed by atoms with Gasteiger partial charge in [-0.3, -0.25) is 10.1 Å². The van der Waals surface area contributed by atoms with E-state index in [-0.39, 0.29) is 5.54 Å². The van der Waals surface area contributed by atoms with E-state index >= 15 is 0 Å². The van der Waals surface area contributed by atoms with Crippen LogP contribution in [0.2, 0.25) is 0 Å². The normalized spacial score (nSPS) is 17.2. The number of carbonyl (C=O) groups is 3. The number of carbonyl (C=O) groups excluding carboxylic acids is 2. The fourth-order valence-corrected chi connectivity index (χ4v) is 1.98. The average molecular weight is 258 g/mol. The third kappa shape index (κ3) is 5.13. The van der Waals surface area contributed by atoms with Crippen LogP contribution in [0, 0.1) is 0 Å². The molecular formula is C11H18N2O5. The van der Waals surface area contributed by atoms with Gasteiger partial charge < -0.3 is 15.2 Å². The van der Waals surface area contributed by atoms with Gasteiger partial charge in [0.25, 0.3) is 5.91 Å². The maximum atomic E-state index is 11.5. The highest BCUT2D eigenvalue weighted by Gasteiger charge is 2.30. The zero-order valence-corrected chi connectivity index (χ0v) is 10.3. The maximum absolute atomic E-state index is 11.5. The molecule has 1 aliphatic rings. The second kappa shape index (κ2) is 6.34. The second-order valence-electron chi connectivity index (χ2n) is 4.66. The second-order valence-corrected chi connectivity index (χ2v) is 4.66. The molecule has 0 atom stereocenters. The van der Waals surface area contributed by atoms with Crippen molar-refractivity contribution in [1.82, 2.24) is 10.6 Å². The minimum absolute atomic E-state index is 0.258. The predicted molar refractivity (Wildman–Crippen MR) is 62.0 cm³/mol.